The van der Waals surface area contributed by atoms with Gasteiger partial charge in [-0.05, 0) is 54.4 Å². The molecule has 0 saturated carbocycles. The van der Waals surface area contributed by atoms with Crippen molar-refractivity contribution in [3.8, 4) is 5.75 Å². The number of hydrogen-bond donors (Lipinski definition) is 2. The van der Waals surface area contributed by atoms with E-state index in [4.69, 9.17) is 4.74 Å². The minimum Gasteiger partial charge on any atom is -0.489 e. The van der Waals surface area contributed by atoms with Crippen molar-refractivity contribution >= 4 is 22.1 Å². The highest BCUT2D eigenvalue weighted by atomic mass is 32.2. The number of carbonyl (C=O) groups excluding carboxylic acids is 1. The Kier molecular flexibility index (Phi) is 7.53. The Bertz CT molecular complexity index is 1130. The molecule has 8 heteroatoms. The molecule has 0 fully saturated rings. The number of nitrogens with one attached hydrogen (secondary N) is 2. The van der Waals surface area contributed by atoms with E-state index in [1.165, 1.54) is 23.9 Å². The first kappa shape index (κ1) is 22.2. The van der Waals surface area contributed by atoms with Gasteiger partial charge in [-0.25, -0.2) is 18.6 Å². The van der Waals surface area contributed by atoms with Crippen LogP contribution in [0.25, 0.3) is 0 Å². The molecule has 7 nitrogen and oxygen atoms in total. The molecule has 0 unspecified atom stereocenters. The molecule has 0 aliphatic rings. The molecular formula is C23H23N3O4S. The van der Waals surface area contributed by atoms with Crippen LogP contribution in [0.3, 0.4) is 0 Å². The molecule has 0 aliphatic heterocycles. The van der Waals surface area contributed by atoms with Crippen molar-refractivity contribution in [2.75, 3.05) is 6.54 Å². The van der Waals surface area contributed by atoms with Crippen molar-refractivity contribution in [1.29, 1.82) is 0 Å². The number of benzene rings is 3. The van der Waals surface area contributed by atoms with E-state index in [1.54, 1.807) is 30.3 Å². The van der Waals surface area contributed by atoms with Gasteiger partial charge in [0.25, 0.3) is 5.91 Å². The van der Waals surface area contributed by atoms with Gasteiger partial charge in [0.1, 0.15) is 12.4 Å². The second-order valence-corrected chi connectivity index (χ2v) is 8.54. The van der Waals surface area contributed by atoms with Gasteiger partial charge in [-0.1, -0.05) is 48.0 Å². The highest BCUT2D eigenvalue weighted by molar-refractivity contribution is 7.89. The van der Waals surface area contributed by atoms with Gasteiger partial charge in [0.15, 0.2) is 0 Å². The van der Waals surface area contributed by atoms with Crippen molar-refractivity contribution < 1.29 is 17.9 Å². The fraction of sp³-hybridized carbons (Fsp3) is 0.130. The monoisotopic (exact) mass is 437 g/mol. The summed E-state index contributed by atoms with van der Waals surface area (Å²) < 4.78 is 32.1. The first-order valence-electron chi connectivity index (χ1n) is 9.57. The maximum atomic E-state index is 12.1. The molecule has 160 valence electrons. The molecule has 0 aromatic heterocycles. The third-order valence-corrected chi connectivity index (χ3v) is 5.70. The van der Waals surface area contributed by atoms with Crippen molar-refractivity contribution in [2.45, 2.75) is 18.4 Å². The smallest absolute Gasteiger partial charge is 0.255 e. The molecule has 0 radical (unpaired) electrons. The summed E-state index contributed by atoms with van der Waals surface area (Å²) in [7, 11) is -3.74. The Labute approximate surface area is 181 Å². The first-order valence-corrected chi connectivity index (χ1v) is 11.1. The highest BCUT2D eigenvalue weighted by Gasteiger charge is 2.14. The predicted octanol–water partition coefficient (Wildman–Crippen LogP) is 3.00. The van der Waals surface area contributed by atoms with Gasteiger partial charge in [0, 0.05) is 0 Å². The van der Waals surface area contributed by atoms with Gasteiger partial charge in [0.05, 0.1) is 17.7 Å². The molecule has 0 heterocycles. The minimum atomic E-state index is -3.74. The zero-order valence-electron chi connectivity index (χ0n) is 17.0. The summed E-state index contributed by atoms with van der Waals surface area (Å²) in [5, 5.41) is 3.85. The molecule has 0 spiro atoms. The largest absolute Gasteiger partial charge is 0.489 e. The summed E-state index contributed by atoms with van der Waals surface area (Å²) in [5.41, 5.74) is 5.34. The van der Waals surface area contributed by atoms with Crippen molar-refractivity contribution in [2.24, 2.45) is 5.10 Å². The third-order valence-electron chi connectivity index (χ3n) is 4.29. The second-order valence-electron chi connectivity index (χ2n) is 6.77. The van der Waals surface area contributed by atoms with E-state index >= 15 is 0 Å². The minimum absolute atomic E-state index is 0.0935. The van der Waals surface area contributed by atoms with Gasteiger partial charge in [-0.2, -0.15) is 5.10 Å². The van der Waals surface area contributed by atoms with Crippen LogP contribution in [0.4, 0.5) is 0 Å². The van der Waals surface area contributed by atoms with E-state index in [1.807, 2.05) is 43.3 Å². The van der Waals surface area contributed by atoms with Crippen molar-refractivity contribution in [3.05, 3.63) is 95.6 Å². The molecule has 2 N–H and O–H groups in total. The lowest BCUT2D eigenvalue weighted by atomic mass is 10.2. The molecule has 1 amide bonds. The molecule has 3 rings (SSSR count). The standard InChI is InChI=1S/C23H23N3O4S/c1-18-7-9-20(10-8-18)17-30-21-13-11-19(12-14-21)15-24-26-23(27)16-25-31(28,29)22-5-3-2-4-6-22/h2-15,25H,16-17H2,1H3,(H,26,27)/b24-15+. The number of aryl methyl sites for hydroxylation is 1. The first-order chi connectivity index (χ1) is 14.9. The van der Waals surface area contributed by atoms with E-state index in [2.05, 4.69) is 15.2 Å². The Morgan fingerprint density at radius 1 is 0.968 bits per heavy atom. The van der Waals surface area contributed by atoms with Gasteiger partial charge >= 0.3 is 0 Å². The van der Waals surface area contributed by atoms with Crippen LogP contribution in [0.15, 0.2) is 88.9 Å². The summed E-state index contributed by atoms with van der Waals surface area (Å²) in [5.74, 6) is 0.144. The summed E-state index contributed by atoms with van der Waals surface area (Å²) in [6.07, 6.45) is 1.47. The number of ether oxygens (including phenoxy) is 1. The van der Waals surface area contributed by atoms with Crippen LogP contribution < -0.4 is 14.9 Å². The number of carbonyl (C=O) groups is 1. The van der Waals surface area contributed by atoms with Gasteiger partial charge in [0.2, 0.25) is 10.0 Å². The molecule has 0 atom stereocenters. The van der Waals surface area contributed by atoms with Crippen LogP contribution in [0.2, 0.25) is 0 Å². The number of sulfonamides is 1. The molecular weight excluding hydrogens is 414 g/mol. The normalized spacial score (nSPS) is 11.4. The highest BCUT2D eigenvalue weighted by Crippen LogP contribution is 2.14. The van der Waals surface area contributed by atoms with Crippen LogP contribution in [-0.4, -0.2) is 27.1 Å². The molecule has 0 bridgehead atoms. The van der Waals surface area contributed by atoms with Gasteiger partial charge in [-0.15, -0.1) is 0 Å². The maximum absolute atomic E-state index is 12.1. The van der Waals surface area contributed by atoms with E-state index < -0.39 is 22.5 Å². The molecule has 3 aromatic carbocycles. The maximum Gasteiger partial charge on any atom is 0.255 e. The van der Waals surface area contributed by atoms with E-state index in [9.17, 15) is 13.2 Å². The van der Waals surface area contributed by atoms with Crippen LogP contribution >= 0.6 is 0 Å². The SMILES string of the molecule is Cc1ccc(COc2ccc(/C=N/NC(=O)CNS(=O)(=O)c3ccccc3)cc2)cc1. The van der Waals surface area contributed by atoms with Crippen molar-refractivity contribution in [1.82, 2.24) is 10.1 Å². The fourth-order valence-corrected chi connectivity index (χ4v) is 3.57. The van der Waals surface area contributed by atoms with E-state index in [0.29, 0.717) is 6.61 Å². The lowest BCUT2D eigenvalue weighted by Gasteiger charge is -2.07. The zero-order valence-corrected chi connectivity index (χ0v) is 17.8. The number of hydrogen-bond acceptors (Lipinski definition) is 5. The van der Waals surface area contributed by atoms with Gasteiger partial charge in [-0.3, -0.25) is 4.79 Å². The second kappa shape index (κ2) is 10.5. The lowest BCUT2D eigenvalue weighted by Crippen LogP contribution is -2.34. The summed E-state index contributed by atoms with van der Waals surface area (Å²) in [4.78, 5) is 11.9. The number of amides is 1. The number of hydrazone groups is 1. The Morgan fingerprint density at radius 3 is 2.32 bits per heavy atom. The van der Waals surface area contributed by atoms with E-state index in [-0.39, 0.29) is 4.90 Å². The average molecular weight is 438 g/mol. The predicted molar refractivity (Wildman–Crippen MR) is 119 cm³/mol. The number of nitrogens with zero attached hydrogens (tertiary/aromatic N) is 1. The Balaban J connectivity index is 1.44. The Hall–Kier alpha value is -3.49. The van der Waals surface area contributed by atoms with Crippen LogP contribution in [0, 0.1) is 6.92 Å². The van der Waals surface area contributed by atoms with Crippen molar-refractivity contribution in [3.63, 3.8) is 0 Å². The molecule has 31 heavy (non-hydrogen) atoms. The third kappa shape index (κ3) is 7.06. The summed E-state index contributed by atoms with van der Waals surface area (Å²) in [6.45, 7) is 2.10. The molecule has 0 saturated heterocycles. The lowest BCUT2D eigenvalue weighted by molar-refractivity contribution is -0.119. The number of rotatable bonds is 9. The summed E-state index contributed by atoms with van der Waals surface area (Å²) >= 11 is 0. The average Bonchev–Trinajstić information content (AvgIpc) is 2.79. The van der Waals surface area contributed by atoms with Crippen LogP contribution in [-0.2, 0) is 21.4 Å². The fourth-order valence-electron chi connectivity index (χ4n) is 2.56. The topological polar surface area (TPSA) is 96.9 Å². The Morgan fingerprint density at radius 2 is 1.65 bits per heavy atom. The quantitative estimate of drug-likeness (QED) is 0.397. The van der Waals surface area contributed by atoms with E-state index in [0.717, 1.165) is 16.9 Å². The zero-order chi connectivity index (χ0) is 22.1. The van der Waals surface area contributed by atoms with Gasteiger partial charge < -0.3 is 4.74 Å². The van der Waals surface area contributed by atoms with Crippen LogP contribution in [0.5, 0.6) is 5.75 Å². The summed E-state index contributed by atoms with van der Waals surface area (Å²) in [6, 6.07) is 23.2. The molecule has 3 aromatic rings. The van der Waals surface area contributed by atoms with Crippen LogP contribution in [0.1, 0.15) is 16.7 Å². The molecule has 0 aliphatic carbocycles.